The highest BCUT2D eigenvalue weighted by Crippen LogP contribution is 2.25. The van der Waals surface area contributed by atoms with Crippen molar-refractivity contribution in [2.24, 2.45) is 0 Å². The topological polar surface area (TPSA) is 100 Å². The van der Waals surface area contributed by atoms with Gasteiger partial charge < -0.3 is 15.7 Å². The molecule has 0 aliphatic rings. The number of hydrogen-bond acceptors (Lipinski definition) is 7. The van der Waals surface area contributed by atoms with Crippen molar-refractivity contribution < 1.29 is 14.3 Å². The van der Waals surface area contributed by atoms with Gasteiger partial charge in [0.1, 0.15) is 11.6 Å². The van der Waals surface area contributed by atoms with Gasteiger partial charge in [-0.3, -0.25) is 9.78 Å². The molecule has 0 spiro atoms. The van der Waals surface area contributed by atoms with Crippen LogP contribution in [0.4, 0.5) is 10.3 Å². The van der Waals surface area contributed by atoms with Crippen LogP contribution in [0, 0.1) is 5.82 Å². The van der Waals surface area contributed by atoms with E-state index in [1.54, 1.807) is 24.4 Å². The van der Waals surface area contributed by atoms with Gasteiger partial charge in [-0.15, -0.1) is 11.3 Å². The third kappa shape index (κ3) is 4.95. The van der Waals surface area contributed by atoms with Crippen molar-refractivity contribution in [1.29, 1.82) is 0 Å². The molecule has 4 rings (SSSR count). The van der Waals surface area contributed by atoms with Gasteiger partial charge in [0.15, 0.2) is 5.69 Å². The fourth-order valence-corrected chi connectivity index (χ4v) is 3.96. The summed E-state index contributed by atoms with van der Waals surface area (Å²) in [4.78, 5) is 25.6. The number of hydrogen-bond donors (Lipinski definition) is 3. The summed E-state index contributed by atoms with van der Waals surface area (Å²) in [6.45, 7) is 2.24. The van der Waals surface area contributed by atoms with Crippen molar-refractivity contribution in [3.05, 3.63) is 76.8 Å². The molecule has 0 aliphatic heterocycles. The van der Waals surface area contributed by atoms with E-state index in [9.17, 15) is 14.3 Å². The summed E-state index contributed by atoms with van der Waals surface area (Å²) in [5, 5.41) is 17.4. The molecule has 9 heteroatoms. The Balaban J connectivity index is 1.50. The van der Waals surface area contributed by atoms with Crippen LogP contribution in [0.15, 0.2) is 54.2 Å². The molecule has 3 N–H and O–H groups in total. The molecular formula is C22H20FN5O2S. The van der Waals surface area contributed by atoms with Crippen LogP contribution in [-0.2, 0) is 6.42 Å². The molecule has 4 aromatic rings. The first-order chi connectivity index (χ1) is 15.0. The molecule has 0 bridgehead atoms. The lowest BCUT2D eigenvalue weighted by atomic mass is 10.1. The molecule has 7 nitrogen and oxygen atoms in total. The number of carbonyl (C=O) groups is 1. The molecule has 0 radical (unpaired) electrons. The first-order valence-corrected chi connectivity index (χ1v) is 10.6. The van der Waals surface area contributed by atoms with Crippen molar-refractivity contribution >= 4 is 33.4 Å². The van der Waals surface area contributed by atoms with E-state index in [-0.39, 0.29) is 29.3 Å². The molecule has 0 aliphatic carbocycles. The van der Waals surface area contributed by atoms with Crippen LogP contribution >= 0.6 is 11.3 Å². The number of benzene rings is 1. The predicted octanol–water partition coefficient (Wildman–Crippen LogP) is 4.08. The van der Waals surface area contributed by atoms with Crippen molar-refractivity contribution in [2.45, 2.75) is 19.4 Å². The monoisotopic (exact) mass is 437 g/mol. The number of phenols is 1. The summed E-state index contributed by atoms with van der Waals surface area (Å²) in [6.07, 6.45) is 3.29. The zero-order chi connectivity index (χ0) is 21.8. The number of halogens is 1. The standard InChI is InChI=1S/C22H20FN5O2S/c1-13(15-10-16(23)12-24-11-15)26-22-27-18-6-8-31-20(18)19(28-22)21(30)25-7-5-14-3-2-4-17(29)9-14/h2-4,6,8-13,29H,5,7H2,1H3,(H,25,30)(H,26,27,28). The van der Waals surface area contributed by atoms with Gasteiger partial charge in [-0.1, -0.05) is 12.1 Å². The van der Waals surface area contributed by atoms with Crippen molar-refractivity contribution in [2.75, 3.05) is 11.9 Å². The highest BCUT2D eigenvalue weighted by Gasteiger charge is 2.17. The average molecular weight is 438 g/mol. The minimum absolute atomic E-state index is 0.193. The summed E-state index contributed by atoms with van der Waals surface area (Å²) >= 11 is 1.39. The van der Waals surface area contributed by atoms with Gasteiger partial charge in [-0.05, 0) is 54.1 Å². The minimum atomic E-state index is -0.424. The Morgan fingerprint density at radius 1 is 1.23 bits per heavy atom. The van der Waals surface area contributed by atoms with Crippen LogP contribution < -0.4 is 10.6 Å². The van der Waals surface area contributed by atoms with Crippen LogP contribution in [-0.4, -0.2) is 32.5 Å². The number of phenolic OH excluding ortho intramolecular Hbond substituents is 1. The van der Waals surface area contributed by atoms with E-state index in [0.29, 0.717) is 28.7 Å². The van der Waals surface area contributed by atoms with E-state index in [4.69, 9.17) is 0 Å². The van der Waals surface area contributed by atoms with E-state index in [2.05, 4.69) is 25.6 Å². The SMILES string of the molecule is CC(Nc1nc(C(=O)NCCc2cccc(O)c2)c2sccc2n1)c1cncc(F)c1. The summed E-state index contributed by atoms with van der Waals surface area (Å²) in [5.41, 5.74) is 2.50. The minimum Gasteiger partial charge on any atom is -0.508 e. The molecule has 1 atom stereocenters. The molecule has 0 saturated carbocycles. The summed E-state index contributed by atoms with van der Waals surface area (Å²) in [5.74, 6) is -0.260. The number of thiophene rings is 1. The molecule has 0 fully saturated rings. The van der Waals surface area contributed by atoms with Crippen molar-refractivity contribution in [1.82, 2.24) is 20.3 Å². The fourth-order valence-electron chi connectivity index (χ4n) is 3.14. The number of fused-ring (bicyclic) bond motifs is 1. The number of amides is 1. The third-order valence-corrected chi connectivity index (χ3v) is 5.61. The number of nitrogens with zero attached hydrogens (tertiary/aromatic N) is 3. The lowest BCUT2D eigenvalue weighted by Crippen LogP contribution is -2.27. The zero-order valence-electron chi connectivity index (χ0n) is 16.7. The van der Waals surface area contributed by atoms with Crippen LogP contribution in [0.2, 0.25) is 0 Å². The van der Waals surface area contributed by atoms with Gasteiger partial charge in [0, 0.05) is 12.7 Å². The second kappa shape index (κ2) is 9.05. The normalized spacial score (nSPS) is 11.9. The number of nitrogens with one attached hydrogen (secondary N) is 2. The first kappa shape index (κ1) is 20.7. The molecule has 0 saturated heterocycles. The van der Waals surface area contributed by atoms with Crippen molar-refractivity contribution in [3.8, 4) is 5.75 Å². The van der Waals surface area contributed by atoms with Crippen LogP contribution in [0.1, 0.15) is 34.6 Å². The summed E-state index contributed by atoms with van der Waals surface area (Å²) < 4.78 is 14.2. The zero-order valence-corrected chi connectivity index (χ0v) is 17.5. The summed E-state index contributed by atoms with van der Waals surface area (Å²) in [6, 6.07) is 9.83. The average Bonchev–Trinajstić information content (AvgIpc) is 3.21. The van der Waals surface area contributed by atoms with Crippen molar-refractivity contribution in [3.63, 3.8) is 0 Å². The highest BCUT2D eigenvalue weighted by atomic mass is 32.1. The van der Waals surface area contributed by atoms with E-state index < -0.39 is 5.82 Å². The van der Waals surface area contributed by atoms with E-state index in [1.807, 2.05) is 24.4 Å². The van der Waals surface area contributed by atoms with Crippen LogP contribution in [0.25, 0.3) is 10.2 Å². The number of pyridine rings is 1. The second-order valence-corrected chi connectivity index (χ2v) is 7.93. The number of anilines is 1. The molecule has 1 unspecified atom stereocenters. The molecule has 31 heavy (non-hydrogen) atoms. The Hall–Kier alpha value is -3.59. The lowest BCUT2D eigenvalue weighted by Gasteiger charge is -2.15. The Kier molecular flexibility index (Phi) is 6.03. The molecule has 3 heterocycles. The van der Waals surface area contributed by atoms with Gasteiger partial charge in [-0.25, -0.2) is 14.4 Å². The Morgan fingerprint density at radius 2 is 2.10 bits per heavy atom. The van der Waals surface area contributed by atoms with Gasteiger partial charge in [0.05, 0.1) is 22.5 Å². The van der Waals surface area contributed by atoms with Gasteiger partial charge >= 0.3 is 0 Å². The fraction of sp³-hybridized carbons (Fsp3) is 0.182. The maximum atomic E-state index is 13.5. The molecule has 3 aromatic heterocycles. The van der Waals surface area contributed by atoms with E-state index in [0.717, 1.165) is 11.8 Å². The van der Waals surface area contributed by atoms with E-state index >= 15 is 0 Å². The maximum absolute atomic E-state index is 13.5. The van der Waals surface area contributed by atoms with Gasteiger partial charge in [0.2, 0.25) is 5.95 Å². The predicted molar refractivity (Wildman–Crippen MR) is 118 cm³/mol. The number of aromatic nitrogens is 3. The molecule has 158 valence electrons. The number of rotatable bonds is 7. The Bertz CT molecular complexity index is 1230. The second-order valence-electron chi connectivity index (χ2n) is 7.01. The summed E-state index contributed by atoms with van der Waals surface area (Å²) in [7, 11) is 0. The number of carbonyl (C=O) groups excluding carboxylic acids is 1. The molecule has 1 amide bonds. The number of aromatic hydroxyl groups is 1. The van der Waals surface area contributed by atoms with Gasteiger partial charge in [-0.2, -0.15) is 0 Å². The van der Waals surface area contributed by atoms with Crippen LogP contribution in [0.3, 0.4) is 0 Å². The smallest absolute Gasteiger partial charge is 0.271 e. The third-order valence-electron chi connectivity index (χ3n) is 4.70. The molecular weight excluding hydrogens is 417 g/mol. The lowest BCUT2D eigenvalue weighted by molar-refractivity contribution is 0.0951. The first-order valence-electron chi connectivity index (χ1n) is 9.68. The largest absolute Gasteiger partial charge is 0.508 e. The van der Waals surface area contributed by atoms with E-state index in [1.165, 1.54) is 17.4 Å². The maximum Gasteiger partial charge on any atom is 0.271 e. The van der Waals surface area contributed by atoms with Crippen LogP contribution in [0.5, 0.6) is 5.75 Å². The Morgan fingerprint density at radius 3 is 2.90 bits per heavy atom. The Labute approximate surface area is 182 Å². The molecule has 1 aromatic carbocycles. The highest BCUT2D eigenvalue weighted by molar-refractivity contribution is 7.17. The van der Waals surface area contributed by atoms with Gasteiger partial charge in [0.25, 0.3) is 5.91 Å². The quantitative estimate of drug-likeness (QED) is 0.403.